The Kier molecular flexibility index (Phi) is 4.26. The lowest BCUT2D eigenvalue weighted by molar-refractivity contribution is 0.112. The second kappa shape index (κ2) is 4.14. The summed E-state index contributed by atoms with van der Waals surface area (Å²) in [6.07, 6.45) is 0.666. The Morgan fingerprint density at radius 1 is 1.75 bits per heavy atom. The maximum Gasteiger partial charge on any atom is 0.133 e. The zero-order valence-corrected chi connectivity index (χ0v) is 5.52. The van der Waals surface area contributed by atoms with Gasteiger partial charge in [0.1, 0.15) is 11.9 Å². The van der Waals surface area contributed by atoms with Gasteiger partial charge in [0, 0.05) is 0 Å². The Labute approximate surface area is 51.5 Å². The number of aliphatic hydroxyl groups is 2. The smallest absolute Gasteiger partial charge is 0.133 e. The number of aliphatic hydroxyl groups excluding tert-OH is 2. The van der Waals surface area contributed by atoms with E-state index >= 15 is 0 Å². The van der Waals surface area contributed by atoms with Crippen molar-refractivity contribution < 1.29 is 14.8 Å². The summed E-state index contributed by atoms with van der Waals surface area (Å²) in [5.41, 5.74) is 0. The van der Waals surface area contributed by atoms with E-state index in [1.807, 2.05) is 0 Å². The average Bonchev–Trinajstić information content (AvgIpc) is 1.65. The van der Waals surface area contributed by atoms with E-state index in [-0.39, 0.29) is 12.4 Å². The minimum atomic E-state index is -1.01. The lowest BCUT2D eigenvalue weighted by atomic mass is 10.4. The highest BCUT2D eigenvalue weighted by molar-refractivity contribution is 7.90. The van der Waals surface area contributed by atoms with Crippen molar-refractivity contribution in [2.75, 3.05) is 18.6 Å². The molecule has 50 valence electrons. The van der Waals surface area contributed by atoms with Crippen LogP contribution in [0.3, 0.4) is 0 Å². The quantitative estimate of drug-likeness (QED) is 0.477. The molecule has 3 nitrogen and oxygen atoms in total. The van der Waals surface area contributed by atoms with Crippen LogP contribution in [-0.4, -0.2) is 39.5 Å². The normalized spacial score (nSPS) is 18.0. The molecule has 0 spiro atoms. The summed E-state index contributed by atoms with van der Waals surface area (Å²) in [7, 11) is 0. The first-order valence-electron chi connectivity index (χ1n) is 2.25. The molecule has 4 heteroatoms. The van der Waals surface area contributed by atoms with Crippen molar-refractivity contribution in [3.8, 4) is 0 Å². The summed E-state index contributed by atoms with van der Waals surface area (Å²) in [5.74, 6) is 0.163. The van der Waals surface area contributed by atoms with E-state index in [9.17, 15) is 4.55 Å². The van der Waals surface area contributed by atoms with Gasteiger partial charge in [-0.25, -0.2) is 0 Å². The van der Waals surface area contributed by atoms with E-state index in [4.69, 9.17) is 10.2 Å². The third-order valence-corrected chi connectivity index (χ3v) is 1.49. The van der Waals surface area contributed by atoms with E-state index in [0.29, 0.717) is 0 Å². The first-order chi connectivity index (χ1) is 3.66. The zero-order valence-electron chi connectivity index (χ0n) is 4.70. The van der Waals surface area contributed by atoms with Crippen LogP contribution in [0.4, 0.5) is 0 Å². The Morgan fingerprint density at radius 2 is 2.25 bits per heavy atom. The number of hydrogen-bond acceptors (Lipinski definition) is 3. The molecule has 0 heterocycles. The van der Waals surface area contributed by atoms with Crippen LogP contribution >= 0.6 is 0 Å². The topological polar surface area (TPSA) is 63.5 Å². The molecule has 2 N–H and O–H groups in total. The molecule has 0 aliphatic carbocycles. The SMILES string of the molecule is C[S+]([O-])CC(O)CO. The molecule has 0 fully saturated rings. The summed E-state index contributed by atoms with van der Waals surface area (Å²) in [5, 5.41) is 16.8. The van der Waals surface area contributed by atoms with Gasteiger partial charge in [0.2, 0.25) is 0 Å². The van der Waals surface area contributed by atoms with Gasteiger partial charge >= 0.3 is 0 Å². The van der Waals surface area contributed by atoms with Crippen LogP contribution in [0.5, 0.6) is 0 Å². The van der Waals surface area contributed by atoms with Gasteiger partial charge in [0.25, 0.3) is 0 Å². The summed E-state index contributed by atoms with van der Waals surface area (Å²) in [4.78, 5) is 0. The van der Waals surface area contributed by atoms with Gasteiger partial charge in [-0.15, -0.1) is 0 Å². The molecular formula is C4H10O3S. The van der Waals surface area contributed by atoms with Crippen molar-refractivity contribution in [3.63, 3.8) is 0 Å². The van der Waals surface area contributed by atoms with Crippen LogP contribution in [0.15, 0.2) is 0 Å². The van der Waals surface area contributed by atoms with Gasteiger partial charge in [-0.05, 0) is 0 Å². The molecule has 0 aliphatic rings. The average molecular weight is 138 g/mol. The summed E-state index contributed by atoms with van der Waals surface area (Å²) < 4.78 is 10.3. The number of hydrogen-bond donors (Lipinski definition) is 2. The van der Waals surface area contributed by atoms with Crippen LogP contribution in [-0.2, 0) is 11.2 Å². The molecule has 0 saturated carbocycles. The van der Waals surface area contributed by atoms with Gasteiger partial charge < -0.3 is 14.8 Å². The summed E-state index contributed by atoms with van der Waals surface area (Å²) in [6.45, 7) is -0.306. The van der Waals surface area contributed by atoms with E-state index in [0.717, 1.165) is 0 Å². The Morgan fingerprint density at radius 3 is 2.38 bits per heavy atom. The third kappa shape index (κ3) is 4.39. The molecule has 0 saturated heterocycles. The molecule has 8 heavy (non-hydrogen) atoms. The van der Waals surface area contributed by atoms with Crippen molar-refractivity contribution in [3.05, 3.63) is 0 Å². The van der Waals surface area contributed by atoms with Crippen molar-refractivity contribution in [2.24, 2.45) is 0 Å². The van der Waals surface area contributed by atoms with E-state index < -0.39 is 17.3 Å². The van der Waals surface area contributed by atoms with E-state index in [2.05, 4.69) is 0 Å². The lowest BCUT2D eigenvalue weighted by Crippen LogP contribution is -2.22. The molecule has 0 radical (unpaired) electrons. The highest BCUT2D eigenvalue weighted by atomic mass is 32.2. The minimum absolute atomic E-state index is 0.163. The first kappa shape index (κ1) is 8.23. The van der Waals surface area contributed by atoms with Crippen molar-refractivity contribution >= 4 is 11.2 Å². The molecule has 2 atom stereocenters. The van der Waals surface area contributed by atoms with Crippen molar-refractivity contribution in [1.82, 2.24) is 0 Å². The van der Waals surface area contributed by atoms with Crippen LogP contribution < -0.4 is 0 Å². The zero-order chi connectivity index (χ0) is 6.57. The lowest BCUT2D eigenvalue weighted by Gasteiger charge is -2.07. The summed E-state index contributed by atoms with van der Waals surface area (Å²) >= 11 is -1.01. The maximum absolute atomic E-state index is 10.3. The van der Waals surface area contributed by atoms with Crippen LogP contribution in [0.2, 0.25) is 0 Å². The molecule has 0 aromatic heterocycles. The van der Waals surface area contributed by atoms with Gasteiger partial charge in [0.05, 0.1) is 12.9 Å². The van der Waals surface area contributed by atoms with Gasteiger partial charge in [0.15, 0.2) is 0 Å². The van der Waals surface area contributed by atoms with Crippen LogP contribution in [0.1, 0.15) is 0 Å². The second-order valence-corrected chi connectivity index (χ2v) is 3.06. The predicted octanol–water partition coefficient (Wildman–Crippen LogP) is -1.28. The Hall–Kier alpha value is 0.230. The fourth-order valence-corrected chi connectivity index (χ4v) is 0.971. The molecule has 0 rings (SSSR count). The third-order valence-electron chi connectivity index (χ3n) is 0.638. The van der Waals surface area contributed by atoms with Gasteiger partial charge in [-0.2, -0.15) is 0 Å². The first-order valence-corrected chi connectivity index (χ1v) is 3.98. The standard InChI is InChI=1S/C4H10O3S/c1-8(7)3-4(6)2-5/h4-6H,2-3H2,1H3. The van der Waals surface area contributed by atoms with Gasteiger partial charge in [-0.1, -0.05) is 11.2 Å². The highest BCUT2D eigenvalue weighted by Crippen LogP contribution is 1.87. The second-order valence-electron chi connectivity index (χ2n) is 1.58. The molecular weight excluding hydrogens is 128 g/mol. The minimum Gasteiger partial charge on any atom is -0.616 e. The molecule has 0 aliphatic heterocycles. The van der Waals surface area contributed by atoms with Crippen LogP contribution in [0, 0.1) is 0 Å². The maximum atomic E-state index is 10.3. The predicted molar refractivity (Wildman–Crippen MR) is 32.0 cm³/mol. The van der Waals surface area contributed by atoms with Crippen molar-refractivity contribution in [1.29, 1.82) is 0 Å². The highest BCUT2D eigenvalue weighted by Gasteiger charge is 2.06. The Balaban J connectivity index is 3.10. The van der Waals surface area contributed by atoms with E-state index in [1.165, 1.54) is 6.26 Å². The van der Waals surface area contributed by atoms with Crippen LogP contribution in [0.25, 0.3) is 0 Å². The largest absolute Gasteiger partial charge is 0.616 e. The number of rotatable bonds is 3. The molecule has 0 bridgehead atoms. The molecule has 0 aromatic rings. The monoisotopic (exact) mass is 138 g/mol. The molecule has 0 aromatic carbocycles. The Bertz CT molecular complexity index is 57.2. The van der Waals surface area contributed by atoms with E-state index in [1.54, 1.807) is 0 Å². The fraction of sp³-hybridized carbons (Fsp3) is 1.00. The summed E-state index contributed by atoms with van der Waals surface area (Å²) in [6, 6.07) is 0. The fourth-order valence-electron chi connectivity index (χ4n) is 0.324. The molecule has 2 unspecified atom stereocenters. The van der Waals surface area contributed by atoms with Gasteiger partial charge in [-0.3, -0.25) is 0 Å². The van der Waals surface area contributed by atoms with Crippen molar-refractivity contribution in [2.45, 2.75) is 6.10 Å². The molecule has 0 amide bonds.